The average Bonchev–Trinajstić information content (AvgIpc) is 2.20. The second kappa shape index (κ2) is 3.56. The van der Waals surface area contributed by atoms with E-state index in [9.17, 15) is 0 Å². The molecule has 0 heterocycles. The molecule has 0 aliphatic heterocycles. The van der Waals surface area contributed by atoms with Crippen LogP contribution in [0.2, 0.25) is 0 Å². The zero-order valence-corrected chi connectivity index (χ0v) is 9.21. The fourth-order valence-electron chi connectivity index (χ4n) is 2.43. The molecule has 76 valence electrons. The molecular formula is C13H19N. The Hall–Kier alpha value is -1.11. The van der Waals surface area contributed by atoms with Crippen molar-refractivity contribution in [2.75, 3.05) is 0 Å². The van der Waals surface area contributed by atoms with Crippen molar-refractivity contribution in [2.24, 2.45) is 10.4 Å². The third kappa shape index (κ3) is 1.05. The minimum absolute atomic E-state index is 0.0365. The van der Waals surface area contributed by atoms with Gasteiger partial charge in [0.1, 0.15) is 0 Å². The van der Waals surface area contributed by atoms with Crippen LogP contribution in [0.4, 0.5) is 0 Å². The lowest BCUT2D eigenvalue weighted by molar-refractivity contribution is 0.230. The quantitative estimate of drug-likeness (QED) is 0.356. The van der Waals surface area contributed by atoms with Crippen molar-refractivity contribution in [1.29, 1.82) is 0 Å². The molecule has 1 nitrogen and oxygen atoms in total. The smallest absolute Gasteiger partial charge is 0.0908 e. The van der Waals surface area contributed by atoms with Crippen LogP contribution < -0.4 is 0 Å². The third-order valence-electron chi connectivity index (χ3n) is 3.61. The van der Waals surface area contributed by atoms with Gasteiger partial charge in [0.05, 0.1) is 5.54 Å². The third-order valence-corrected chi connectivity index (χ3v) is 3.61. The number of hydrogen-bond acceptors (Lipinski definition) is 1. The van der Waals surface area contributed by atoms with E-state index in [4.69, 9.17) is 0 Å². The van der Waals surface area contributed by atoms with Gasteiger partial charge < -0.3 is 0 Å². The summed E-state index contributed by atoms with van der Waals surface area (Å²) >= 11 is 0. The molecule has 0 amide bonds. The first-order valence-electron chi connectivity index (χ1n) is 5.12. The second-order valence-electron chi connectivity index (χ2n) is 3.82. The van der Waals surface area contributed by atoms with Crippen LogP contribution in [-0.4, -0.2) is 12.3 Å². The van der Waals surface area contributed by atoms with Gasteiger partial charge in [0.15, 0.2) is 0 Å². The minimum Gasteiger partial charge on any atom is -0.289 e. The van der Waals surface area contributed by atoms with Gasteiger partial charge in [0, 0.05) is 5.41 Å². The monoisotopic (exact) mass is 189 g/mol. The maximum absolute atomic E-state index is 4.29. The van der Waals surface area contributed by atoms with Gasteiger partial charge in [-0.3, -0.25) is 4.99 Å². The van der Waals surface area contributed by atoms with Gasteiger partial charge in [-0.25, -0.2) is 0 Å². The van der Waals surface area contributed by atoms with Gasteiger partial charge in [-0.1, -0.05) is 45.2 Å². The molecule has 1 rings (SSSR count). The van der Waals surface area contributed by atoms with Crippen molar-refractivity contribution in [3.8, 4) is 0 Å². The molecule has 0 aromatic heterocycles. The van der Waals surface area contributed by atoms with Crippen LogP contribution in [0.1, 0.15) is 26.7 Å². The molecule has 0 aromatic rings. The molecule has 0 N–H and O–H groups in total. The molecule has 2 unspecified atom stereocenters. The number of aliphatic imine (C=N–C) groups is 1. The van der Waals surface area contributed by atoms with E-state index in [1.807, 2.05) is 6.08 Å². The van der Waals surface area contributed by atoms with Gasteiger partial charge in [0.25, 0.3) is 0 Å². The largest absolute Gasteiger partial charge is 0.289 e. The second-order valence-corrected chi connectivity index (χ2v) is 3.82. The lowest BCUT2D eigenvalue weighted by atomic mass is 9.55. The van der Waals surface area contributed by atoms with Crippen LogP contribution in [0.15, 0.2) is 42.0 Å². The number of rotatable bonds is 5. The molecule has 0 spiro atoms. The van der Waals surface area contributed by atoms with E-state index in [2.05, 4.69) is 50.9 Å². The molecule has 0 aromatic carbocycles. The van der Waals surface area contributed by atoms with Crippen LogP contribution in [0, 0.1) is 5.41 Å². The van der Waals surface area contributed by atoms with E-state index in [-0.39, 0.29) is 11.0 Å². The predicted octanol–water partition coefficient (Wildman–Crippen LogP) is 3.54. The molecule has 1 heteroatoms. The summed E-state index contributed by atoms with van der Waals surface area (Å²) in [5, 5.41) is 0. The van der Waals surface area contributed by atoms with Crippen LogP contribution in [0.3, 0.4) is 0 Å². The van der Waals surface area contributed by atoms with Crippen molar-refractivity contribution in [2.45, 2.75) is 32.2 Å². The van der Waals surface area contributed by atoms with Crippen LogP contribution in [0.5, 0.6) is 0 Å². The van der Waals surface area contributed by atoms with E-state index in [0.717, 1.165) is 18.4 Å². The Labute approximate surface area is 86.9 Å². The topological polar surface area (TPSA) is 12.4 Å². The van der Waals surface area contributed by atoms with Crippen LogP contribution in [-0.2, 0) is 0 Å². The molecule has 0 radical (unpaired) electrons. The molecule has 2 atom stereocenters. The van der Waals surface area contributed by atoms with Crippen molar-refractivity contribution in [3.63, 3.8) is 0 Å². The lowest BCUT2D eigenvalue weighted by Gasteiger charge is -2.51. The number of allylic oxidation sites excluding steroid dienone is 1. The summed E-state index contributed by atoms with van der Waals surface area (Å²) in [5.41, 5.74) is 0.870. The summed E-state index contributed by atoms with van der Waals surface area (Å²) in [6, 6.07) is 0. The molecular weight excluding hydrogens is 170 g/mol. The van der Waals surface area contributed by atoms with Crippen molar-refractivity contribution in [3.05, 3.63) is 37.0 Å². The Morgan fingerprint density at radius 3 is 2.21 bits per heavy atom. The van der Waals surface area contributed by atoms with Gasteiger partial charge >= 0.3 is 0 Å². The van der Waals surface area contributed by atoms with Crippen LogP contribution >= 0.6 is 0 Å². The first kappa shape index (κ1) is 11.0. The number of nitrogens with zero attached hydrogens (tertiary/aromatic N) is 1. The maximum atomic E-state index is 4.29. The Balaban J connectivity index is 3.16. The fourth-order valence-corrected chi connectivity index (χ4v) is 2.43. The molecule has 1 aliphatic carbocycles. The zero-order chi connectivity index (χ0) is 10.8. The van der Waals surface area contributed by atoms with E-state index >= 15 is 0 Å². The van der Waals surface area contributed by atoms with Crippen molar-refractivity contribution >= 4 is 6.72 Å². The fraction of sp³-hybridized carbons (Fsp3) is 0.462. The molecule has 0 saturated carbocycles. The van der Waals surface area contributed by atoms with Crippen molar-refractivity contribution < 1.29 is 0 Å². The standard InChI is InChI=1S/C13H19N/c1-6-11(4)12(7-2)9-10-13(12,8-3)14-5/h6,9-10H,1,4-5,7-8H2,2-3H3. The van der Waals surface area contributed by atoms with Crippen LogP contribution in [0.25, 0.3) is 0 Å². The highest BCUT2D eigenvalue weighted by Gasteiger charge is 2.52. The Morgan fingerprint density at radius 2 is 2.00 bits per heavy atom. The SMILES string of the molecule is C=CC(=C)C1(CC)C=CC1(CC)N=C. The minimum atomic E-state index is -0.146. The Morgan fingerprint density at radius 1 is 1.36 bits per heavy atom. The zero-order valence-electron chi connectivity index (χ0n) is 9.21. The summed E-state index contributed by atoms with van der Waals surface area (Å²) in [7, 11) is 0. The maximum Gasteiger partial charge on any atom is 0.0908 e. The summed E-state index contributed by atoms with van der Waals surface area (Å²) in [6.07, 6.45) is 8.13. The summed E-state index contributed by atoms with van der Waals surface area (Å²) in [6.45, 7) is 15.9. The van der Waals surface area contributed by atoms with Gasteiger partial charge in [0.2, 0.25) is 0 Å². The first-order chi connectivity index (χ1) is 6.62. The van der Waals surface area contributed by atoms with Crippen molar-refractivity contribution in [1.82, 2.24) is 0 Å². The molecule has 0 fully saturated rings. The van der Waals surface area contributed by atoms with E-state index in [1.165, 1.54) is 0 Å². The highest BCUT2D eigenvalue weighted by Crippen LogP contribution is 2.54. The highest BCUT2D eigenvalue weighted by atomic mass is 14.9. The summed E-state index contributed by atoms with van der Waals surface area (Å²) in [5.74, 6) is 0. The van der Waals surface area contributed by atoms with E-state index < -0.39 is 0 Å². The van der Waals surface area contributed by atoms with E-state index in [0.29, 0.717) is 0 Å². The highest BCUT2D eigenvalue weighted by molar-refractivity contribution is 5.48. The molecule has 0 saturated heterocycles. The summed E-state index contributed by atoms with van der Waals surface area (Å²) < 4.78 is 0. The lowest BCUT2D eigenvalue weighted by Crippen LogP contribution is -2.50. The van der Waals surface area contributed by atoms with E-state index in [1.54, 1.807) is 0 Å². The summed E-state index contributed by atoms with van der Waals surface area (Å²) in [4.78, 5) is 4.29. The normalized spacial score (nSPS) is 34.7. The Bertz CT molecular complexity index is 300. The predicted molar refractivity (Wildman–Crippen MR) is 63.8 cm³/mol. The van der Waals surface area contributed by atoms with Gasteiger partial charge in [-0.15, -0.1) is 0 Å². The molecule has 0 bridgehead atoms. The average molecular weight is 189 g/mol. The first-order valence-corrected chi connectivity index (χ1v) is 5.12. The number of hydrogen-bond donors (Lipinski definition) is 0. The van der Waals surface area contributed by atoms with Gasteiger partial charge in [-0.2, -0.15) is 0 Å². The Kier molecular flexibility index (Phi) is 2.79. The molecule has 14 heavy (non-hydrogen) atoms. The van der Waals surface area contributed by atoms with Gasteiger partial charge in [-0.05, 0) is 25.1 Å². The molecule has 1 aliphatic rings.